The maximum absolute atomic E-state index is 12.9. The number of nitrogen functional groups attached to an aromatic ring is 1. The van der Waals surface area contributed by atoms with Crippen molar-refractivity contribution in [3.8, 4) is 0 Å². The molecule has 0 saturated carbocycles. The number of thioether (sulfide) groups is 6. The number of anilines is 1. The van der Waals surface area contributed by atoms with Crippen LogP contribution in [0.2, 0.25) is 0 Å². The van der Waals surface area contributed by atoms with Crippen LogP contribution < -0.4 is 11.3 Å². The van der Waals surface area contributed by atoms with Gasteiger partial charge in [0.05, 0.1) is 26.2 Å². The van der Waals surface area contributed by atoms with E-state index in [0.29, 0.717) is 63.1 Å². The Labute approximate surface area is 725 Å². The lowest BCUT2D eigenvalue weighted by atomic mass is 9.86. The van der Waals surface area contributed by atoms with Crippen molar-refractivity contribution in [3.05, 3.63) is 302 Å². The van der Waals surface area contributed by atoms with Gasteiger partial charge in [-0.2, -0.15) is 0 Å². The molecule has 6 heterocycles. The summed E-state index contributed by atoms with van der Waals surface area (Å²) >= 11 is 9.13. The minimum absolute atomic E-state index is 0.0383. The van der Waals surface area contributed by atoms with Crippen LogP contribution in [-0.2, 0) is 27.8 Å². The van der Waals surface area contributed by atoms with Gasteiger partial charge in [0.25, 0.3) is 35.1 Å². The van der Waals surface area contributed by atoms with Crippen molar-refractivity contribution in [2.75, 3.05) is 83.1 Å². The average molecular weight is 1710 g/mol. The highest BCUT2D eigenvalue weighted by atomic mass is 32.2. The number of hydrogen-bond donors (Lipinski definition) is 2. The van der Waals surface area contributed by atoms with E-state index in [-0.39, 0.29) is 57.2 Å². The van der Waals surface area contributed by atoms with Crippen molar-refractivity contribution in [1.29, 1.82) is 0 Å². The maximum Gasteiger partial charge on any atom is 0.263 e. The Morgan fingerprint density at radius 1 is 0.395 bits per heavy atom. The van der Waals surface area contributed by atoms with Crippen LogP contribution in [0.3, 0.4) is 0 Å². The van der Waals surface area contributed by atoms with Gasteiger partial charge in [-0.3, -0.25) is 72.9 Å². The number of carbonyl (C=O) groups is 5. The van der Waals surface area contributed by atoms with Gasteiger partial charge in [0.15, 0.2) is 31.0 Å². The summed E-state index contributed by atoms with van der Waals surface area (Å²) in [5, 5.41) is 9.04. The van der Waals surface area contributed by atoms with Crippen molar-refractivity contribution >= 4 is 148 Å². The van der Waals surface area contributed by atoms with Gasteiger partial charge >= 0.3 is 0 Å². The molecule has 0 unspecified atom stereocenters. The summed E-state index contributed by atoms with van der Waals surface area (Å²) in [5.74, 6) is 1.91. The lowest BCUT2D eigenvalue weighted by Crippen LogP contribution is -2.32. The molecule has 19 nitrogen and oxygen atoms in total. The van der Waals surface area contributed by atoms with Gasteiger partial charge in [-0.25, -0.2) is 9.97 Å². The fourth-order valence-corrected chi connectivity index (χ4v) is 16.9. The summed E-state index contributed by atoms with van der Waals surface area (Å²) in [4.78, 5) is 109. The Morgan fingerprint density at radius 2 is 0.714 bits per heavy atom. The molecular weight excluding hydrogens is 1600 g/mol. The molecule has 0 fully saturated rings. The van der Waals surface area contributed by atoms with Crippen LogP contribution in [-0.4, -0.2) is 167 Å². The first kappa shape index (κ1) is 91.0. The third-order valence-electron chi connectivity index (χ3n) is 19.5. The molecule has 0 aliphatic carbocycles. The molecule has 0 bridgehead atoms. The molecule has 0 atom stereocenters. The van der Waals surface area contributed by atoms with E-state index in [9.17, 15) is 28.8 Å². The van der Waals surface area contributed by atoms with Crippen LogP contribution in [0, 0.1) is 13.8 Å². The smallest absolute Gasteiger partial charge is 0.263 e. The van der Waals surface area contributed by atoms with Crippen LogP contribution in [0.15, 0.2) is 260 Å². The number of benzene rings is 9. The number of carbonyl (C=O) groups excluding carboxylic acids is 5. The molecule has 0 radical (unpaired) electrons. The fourth-order valence-electron chi connectivity index (χ4n) is 12.6. The lowest BCUT2D eigenvalue weighted by Gasteiger charge is -2.20. The van der Waals surface area contributed by atoms with Gasteiger partial charge < -0.3 is 10.7 Å². The summed E-state index contributed by atoms with van der Waals surface area (Å²) in [7, 11) is 0. The van der Waals surface area contributed by atoms with Gasteiger partial charge in [-0.15, -0.1) is 0 Å². The first-order chi connectivity index (χ1) is 56.9. The number of fused-ring (bicyclic) bond motifs is 2. The van der Waals surface area contributed by atoms with Gasteiger partial charge in [-0.1, -0.05) is 290 Å². The number of imidazole rings is 1. The van der Waals surface area contributed by atoms with Crippen LogP contribution in [0.25, 0.3) is 21.5 Å². The third-order valence-corrected chi connectivity index (χ3v) is 24.3. The van der Waals surface area contributed by atoms with Crippen LogP contribution >= 0.6 is 70.6 Å². The number of H-pyrrole nitrogens is 1. The van der Waals surface area contributed by atoms with E-state index in [4.69, 9.17) is 5.73 Å². The van der Waals surface area contributed by atoms with Crippen molar-refractivity contribution in [2.45, 2.75) is 114 Å². The second kappa shape index (κ2) is 42.6. The molecule has 9 aromatic carbocycles. The predicted molar refractivity (Wildman–Crippen MR) is 503 cm³/mol. The number of nitrogens with one attached hydrogen (secondary N) is 1. The Kier molecular flexibility index (Phi) is 32.6. The molecule has 3 N–H and O–H groups in total. The number of amidine groups is 4. The number of aryl methyl sites for hydroxylation is 2. The number of amides is 4. The quantitative estimate of drug-likeness (QED) is 0.0904. The second-order valence-corrected chi connectivity index (χ2v) is 36.3. The number of hydrogen-bond acceptors (Lipinski definition) is 19. The molecule has 15 rings (SSSR count). The molecule has 4 amide bonds. The van der Waals surface area contributed by atoms with Crippen molar-refractivity contribution in [1.82, 2.24) is 39.1 Å². The van der Waals surface area contributed by atoms with E-state index in [2.05, 4.69) is 153 Å². The van der Waals surface area contributed by atoms with E-state index >= 15 is 0 Å². The lowest BCUT2D eigenvalue weighted by molar-refractivity contribution is 0.0852. The third kappa shape index (κ3) is 25.4. The molecule has 0 spiro atoms. The van der Waals surface area contributed by atoms with E-state index < -0.39 is 0 Å². The zero-order chi connectivity index (χ0) is 85.6. The number of aromatic nitrogens is 4. The predicted octanol–water partition coefficient (Wildman–Crippen LogP) is 19.8. The second-order valence-electron chi connectivity index (χ2n) is 31.3. The molecule has 119 heavy (non-hydrogen) atoms. The first-order valence-corrected chi connectivity index (χ1v) is 46.0. The van der Waals surface area contributed by atoms with Crippen LogP contribution in [0.4, 0.5) is 5.82 Å². The van der Waals surface area contributed by atoms with Gasteiger partial charge in [0.1, 0.15) is 5.82 Å². The molecule has 4 aliphatic rings. The van der Waals surface area contributed by atoms with Crippen molar-refractivity contribution in [3.63, 3.8) is 0 Å². The number of rotatable bonds is 11. The highest BCUT2D eigenvalue weighted by Crippen LogP contribution is 2.30. The largest absolute Gasteiger partial charge is 0.383 e. The molecule has 11 aromatic rings. The average Bonchev–Trinajstić information content (AvgIpc) is 1.63. The van der Waals surface area contributed by atoms with Gasteiger partial charge in [0.2, 0.25) is 0 Å². The Hall–Kier alpha value is -10.3. The number of nitrogens with two attached hydrogens (primary N) is 1. The summed E-state index contributed by atoms with van der Waals surface area (Å²) in [6, 6.07) is 69.5. The zero-order valence-electron chi connectivity index (χ0n) is 70.3. The van der Waals surface area contributed by atoms with Gasteiger partial charge in [0, 0.05) is 84.0 Å². The van der Waals surface area contributed by atoms with E-state index in [0.717, 1.165) is 86.7 Å². The fraction of sp³-hybridized carbons (Fsp3) is 0.298. The standard InChI is InChI=1S/C22H24N2OS.C15H19N3OS.2C15H14N2OS.C15H20N2OS.C12H14N2OS/c1-16-5-7-17(8-6-16)15-26-21-23-13-14-24(21)20(25)18-9-11-19(12-10-18)22(2,3)4;1-15(2,3)11-6-4-10(5-7-11)9-20-14-17-12(16)8-13(19)18-14;2*1-19-15-16-8-9-17(15)14(18)13-7-6-11-4-2-3-5-12(11)10-13;1-15(2,3)12-7-5-11(6-8-12)13(18)17-10-9-16-14(17)19-4;1-9-3-5-10(6-4-9)11(15)14-8-7-13-12(14)16-2/h5-14H,15H2,1-4H3;4-8H,9H2,1-3H3,(H3,16,17,18,19);2*2-7,10H,8-9H2,1H3;5-8H,9-10H2,1-4H3;3-6H,7-8H2,1-2H3. The molecule has 618 valence electrons. The minimum Gasteiger partial charge on any atom is -0.383 e. The normalized spacial score (nSPS) is 13.7. The molecule has 0 saturated heterocycles. The number of aromatic amines is 1. The SMILES string of the molecule is CC(C)(C)c1ccc(CSc2nc(N)cc(=O)[nH]2)cc1.CSC1=NCCN1C(=O)c1ccc(C(C)(C)C)cc1.CSC1=NCCN1C(=O)c1ccc(C)cc1.CSC1=NCCN1C(=O)c1ccc2ccccc2c1.CSC1=NCCN1C(=O)c1ccc2ccccc2c1.Cc1ccc(CSc2nccn2C(=O)c2ccc(C(C)(C)C)cc2)cc1. The molecule has 25 heteroatoms. The van der Waals surface area contributed by atoms with E-state index in [1.54, 1.807) is 48.3 Å². The molecule has 2 aromatic heterocycles. The van der Waals surface area contributed by atoms with Crippen molar-refractivity contribution in [2.24, 2.45) is 20.0 Å². The zero-order valence-corrected chi connectivity index (χ0v) is 75.2. The molecular formula is C94H105N13O6S6. The monoisotopic (exact) mass is 1700 g/mol. The summed E-state index contributed by atoms with van der Waals surface area (Å²) in [6.45, 7) is 29.3. The summed E-state index contributed by atoms with van der Waals surface area (Å²) < 4.78 is 1.63. The van der Waals surface area contributed by atoms with Crippen LogP contribution in [0.1, 0.15) is 153 Å². The van der Waals surface area contributed by atoms with Crippen LogP contribution in [0.5, 0.6) is 0 Å². The molecule has 4 aliphatic heterocycles. The summed E-state index contributed by atoms with van der Waals surface area (Å²) in [6.07, 6.45) is 11.2. The van der Waals surface area contributed by atoms with E-state index in [1.165, 1.54) is 98.3 Å². The first-order valence-electron chi connectivity index (χ1n) is 39.2. The van der Waals surface area contributed by atoms with Gasteiger partial charge in [-0.05, 0) is 165 Å². The van der Waals surface area contributed by atoms with Crippen molar-refractivity contribution < 1.29 is 24.0 Å². The van der Waals surface area contributed by atoms with E-state index in [1.807, 2.05) is 190 Å². The highest BCUT2D eigenvalue weighted by Gasteiger charge is 2.29. The Morgan fingerprint density at radius 3 is 1.08 bits per heavy atom. The minimum atomic E-state index is -0.219. The Bertz CT molecular complexity index is 5420. The maximum atomic E-state index is 12.9. The topological polar surface area (TPSA) is 237 Å². The highest BCUT2D eigenvalue weighted by molar-refractivity contribution is 8.14. The Balaban J connectivity index is 0.000000151. The number of nitrogens with zero attached hydrogens (tertiary/aromatic N) is 11. The number of aliphatic imine (C=N–C) groups is 4. The summed E-state index contributed by atoms with van der Waals surface area (Å²) in [5.41, 5.74) is 17.8.